The number of aromatic nitrogens is 2. The first-order valence-electron chi connectivity index (χ1n) is 6.66. The molecule has 2 N–H and O–H groups in total. The lowest BCUT2D eigenvalue weighted by Crippen LogP contribution is -2.16. The maximum absolute atomic E-state index is 12.3. The lowest BCUT2D eigenvalue weighted by molar-refractivity contribution is 0.102. The summed E-state index contributed by atoms with van der Waals surface area (Å²) in [7, 11) is 0. The summed E-state index contributed by atoms with van der Waals surface area (Å²) < 4.78 is 1.74. The topological polar surface area (TPSA) is 67.2 Å². The highest BCUT2D eigenvalue weighted by atomic mass is 16.2. The van der Waals surface area contributed by atoms with Gasteiger partial charge in [-0.2, -0.15) is 5.10 Å². The first kappa shape index (κ1) is 14.8. The van der Waals surface area contributed by atoms with E-state index in [1.165, 1.54) is 0 Å². The van der Waals surface area contributed by atoms with Crippen molar-refractivity contribution < 1.29 is 9.90 Å². The fourth-order valence-corrected chi connectivity index (χ4v) is 1.89. The summed E-state index contributed by atoms with van der Waals surface area (Å²) in [6.45, 7) is 3.78. The van der Waals surface area contributed by atoms with E-state index in [4.69, 9.17) is 5.11 Å². The zero-order valence-electron chi connectivity index (χ0n) is 12.0. The number of aliphatic hydroxyl groups excluding tert-OH is 1. The number of anilines is 1. The van der Waals surface area contributed by atoms with E-state index in [-0.39, 0.29) is 18.6 Å². The van der Waals surface area contributed by atoms with E-state index < -0.39 is 0 Å². The molecule has 0 aliphatic carbocycles. The van der Waals surface area contributed by atoms with Crippen LogP contribution < -0.4 is 5.32 Å². The normalized spacial score (nSPS) is 10.1. The first-order valence-corrected chi connectivity index (χ1v) is 6.66. The number of benzene rings is 1. The second kappa shape index (κ2) is 6.73. The highest BCUT2D eigenvalue weighted by molar-refractivity contribution is 6.04. The number of carbonyl (C=O) groups is 1. The molecule has 2 aromatic rings. The van der Waals surface area contributed by atoms with Crippen molar-refractivity contribution in [3.63, 3.8) is 0 Å². The average molecular weight is 283 g/mol. The number of amides is 1. The van der Waals surface area contributed by atoms with Crippen LogP contribution >= 0.6 is 0 Å². The summed E-state index contributed by atoms with van der Waals surface area (Å²) >= 11 is 0. The lowest BCUT2D eigenvalue weighted by Gasteiger charge is -2.11. The third kappa shape index (κ3) is 3.71. The summed E-state index contributed by atoms with van der Waals surface area (Å²) in [5.74, 6) is 5.78. The first-order chi connectivity index (χ1) is 10.1. The molecule has 0 saturated heterocycles. The molecule has 1 amide bonds. The lowest BCUT2D eigenvalue weighted by atomic mass is 10.1. The minimum atomic E-state index is -0.218. The van der Waals surface area contributed by atoms with Gasteiger partial charge < -0.3 is 10.4 Å². The van der Waals surface area contributed by atoms with Crippen LogP contribution in [0.2, 0.25) is 0 Å². The largest absolute Gasteiger partial charge is 0.384 e. The standard InChI is InChI=1S/C16H17N3O2/c1-12(2)19-15(8-9-17-19)18-16(21)14-7-3-5-13(11-14)6-4-10-20/h3,5,7-9,11-12,20H,10H2,1-2H3,(H,18,21). The van der Waals surface area contributed by atoms with Crippen LogP contribution in [0.5, 0.6) is 0 Å². The average Bonchev–Trinajstić information content (AvgIpc) is 2.93. The molecule has 0 radical (unpaired) electrons. The van der Waals surface area contributed by atoms with E-state index in [9.17, 15) is 4.79 Å². The highest BCUT2D eigenvalue weighted by Gasteiger charge is 2.11. The molecule has 5 heteroatoms. The molecule has 21 heavy (non-hydrogen) atoms. The monoisotopic (exact) mass is 283 g/mol. The molecular formula is C16H17N3O2. The Balaban J connectivity index is 2.19. The Bertz CT molecular complexity index is 693. The fourth-order valence-electron chi connectivity index (χ4n) is 1.89. The molecule has 5 nitrogen and oxygen atoms in total. The van der Waals surface area contributed by atoms with Crippen LogP contribution in [0.3, 0.4) is 0 Å². The zero-order valence-corrected chi connectivity index (χ0v) is 12.0. The van der Waals surface area contributed by atoms with Crippen LogP contribution in [0.4, 0.5) is 5.82 Å². The van der Waals surface area contributed by atoms with Gasteiger partial charge in [-0.3, -0.25) is 4.79 Å². The third-order valence-electron chi connectivity index (χ3n) is 2.84. The van der Waals surface area contributed by atoms with Gasteiger partial charge in [-0.05, 0) is 32.0 Å². The minimum Gasteiger partial charge on any atom is -0.384 e. The quantitative estimate of drug-likeness (QED) is 0.847. The summed E-state index contributed by atoms with van der Waals surface area (Å²) in [5, 5.41) is 15.7. The molecule has 0 aliphatic heterocycles. The van der Waals surface area contributed by atoms with Crippen LogP contribution in [0.1, 0.15) is 35.8 Å². The van der Waals surface area contributed by atoms with Crippen molar-refractivity contribution in [1.29, 1.82) is 0 Å². The Hall–Kier alpha value is -2.58. The number of nitrogens with zero attached hydrogens (tertiary/aromatic N) is 2. The van der Waals surface area contributed by atoms with Crippen molar-refractivity contribution in [3.8, 4) is 11.8 Å². The Morgan fingerprint density at radius 3 is 2.95 bits per heavy atom. The predicted octanol–water partition coefficient (Wildman–Crippen LogP) is 2.06. The van der Waals surface area contributed by atoms with E-state index in [0.29, 0.717) is 16.9 Å². The Kier molecular flexibility index (Phi) is 4.75. The van der Waals surface area contributed by atoms with E-state index in [1.807, 2.05) is 13.8 Å². The third-order valence-corrected chi connectivity index (χ3v) is 2.84. The molecule has 1 aromatic heterocycles. The van der Waals surface area contributed by atoms with Gasteiger partial charge in [0, 0.05) is 23.2 Å². The van der Waals surface area contributed by atoms with Crippen LogP contribution in [0, 0.1) is 11.8 Å². The highest BCUT2D eigenvalue weighted by Crippen LogP contribution is 2.14. The molecular weight excluding hydrogens is 266 g/mol. The van der Waals surface area contributed by atoms with Gasteiger partial charge in [-0.15, -0.1) is 0 Å². The smallest absolute Gasteiger partial charge is 0.256 e. The molecule has 0 saturated carbocycles. The van der Waals surface area contributed by atoms with E-state index >= 15 is 0 Å². The van der Waals surface area contributed by atoms with Crippen LogP contribution in [-0.2, 0) is 0 Å². The minimum absolute atomic E-state index is 0.164. The second-order valence-corrected chi connectivity index (χ2v) is 4.75. The number of hydrogen-bond acceptors (Lipinski definition) is 3. The van der Waals surface area contributed by atoms with Gasteiger partial charge in [0.05, 0.1) is 6.20 Å². The molecule has 0 unspecified atom stereocenters. The number of hydrogen-bond donors (Lipinski definition) is 2. The van der Waals surface area contributed by atoms with Gasteiger partial charge in [0.15, 0.2) is 0 Å². The molecule has 1 aromatic carbocycles. The maximum atomic E-state index is 12.3. The molecule has 0 atom stereocenters. The predicted molar refractivity (Wildman–Crippen MR) is 81.0 cm³/mol. The SMILES string of the molecule is CC(C)n1nccc1NC(=O)c1cccc(C#CCO)c1. The van der Waals surface area contributed by atoms with Crippen molar-refractivity contribution in [1.82, 2.24) is 9.78 Å². The molecule has 1 heterocycles. The van der Waals surface area contributed by atoms with Crippen molar-refractivity contribution in [3.05, 3.63) is 47.7 Å². The summed E-state index contributed by atoms with van der Waals surface area (Å²) in [6, 6.07) is 8.88. The van der Waals surface area contributed by atoms with Crippen molar-refractivity contribution in [2.75, 3.05) is 11.9 Å². The van der Waals surface area contributed by atoms with Crippen molar-refractivity contribution >= 4 is 11.7 Å². The Morgan fingerprint density at radius 1 is 1.43 bits per heavy atom. The van der Waals surface area contributed by atoms with Gasteiger partial charge >= 0.3 is 0 Å². The van der Waals surface area contributed by atoms with Gasteiger partial charge in [0.2, 0.25) is 0 Å². The number of carbonyl (C=O) groups excluding carboxylic acids is 1. The number of aliphatic hydroxyl groups is 1. The molecule has 2 rings (SSSR count). The fraction of sp³-hybridized carbons (Fsp3) is 0.250. The van der Waals surface area contributed by atoms with Gasteiger partial charge in [0.1, 0.15) is 12.4 Å². The summed E-state index contributed by atoms with van der Waals surface area (Å²) in [6.07, 6.45) is 1.65. The molecule has 108 valence electrons. The Labute approximate surface area is 123 Å². The maximum Gasteiger partial charge on any atom is 0.256 e. The summed E-state index contributed by atoms with van der Waals surface area (Å²) in [4.78, 5) is 12.3. The molecule has 0 fully saturated rings. The number of nitrogens with one attached hydrogen (secondary N) is 1. The van der Waals surface area contributed by atoms with E-state index in [1.54, 1.807) is 41.2 Å². The van der Waals surface area contributed by atoms with Crippen molar-refractivity contribution in [2.24, 2.45) is 0 Å². The zero-order chi connectivity index (χ0) is 15.2. The van der Waals surface area contributed by atoms with Gasteiger partial charge in [-0.25, -0.2) is 4.68 Å². The van der Waals surface area contributed by atoms with Crippen LogP contribution in [-0.4, -0.2) is 27.4 Å². The van der Waals surface area contributed by atoms with Gasteiger partial charge in [-0.1, -0.05) is 17.9 Å². The molecule has 0 spiro atoms. The van der Waals surface area contributed by atoms with Crippen LogP contribution in [0.15, 0.2) is 36.5 Å². The van der Waals surface area contributed by atoms with Crippen LogP contribution in [0.25, 0.3) is 0 Å². The summed E-state index contributed by atoms with van der Waals surface area (Å²) in [5.41, 5.74) is 1.20. The Morgan fingerprint density at radius 2 is 2.24 bits per heavy atom. The van der Waals surface area contributed by atoms with E-state index in [0.717, 1.165) is 0 Å². The van der Waals surface area contributed by atoms with Gasteiger partial charge in [0.25, 0.3) is 5.91 Å². The molecule has 0 aliphatic rings. The molecule has 0 bridgehead atoms. The number of rotatable bonds is 3. The van der Waals surface area contributed by atoms with E-state index in [2.05, 4.69) is 22.3 Å². The second-order valence-electron chi connectivity index (χ2n) is 4.75. The van der Waals surface area contributed by atoms with Crippen molar-refractivity contribution in [2.45, 2.75) is 19.9 Å².